The van der Waals surface area contributed by atoms with Crippen LogP contribution >= 0.6 is 15.9 Å². The van der Waals surface area contributed by atoms with Gasteiger partial charge in [0.1, 0.15) is 12.9 Å². The van der Waals surface area contributed by atoms with Crippen molar-refractivity contribution in [3.63, 3.8) is 0 Å². The first-order valence-electron chi connectivity index (χ1n) is 7.50. The molecule has 0 aliphatic rings. The first-order valence-corrected chi connectivity index (χ1v) is 8.29. The Hall–Kier alpha value is -2.93. The fourth-order valence-electron chi connectivity index (χ4n) is 2.78. The molecule has 124 valence electrons. The van der Waals surface area contributed by atoms with Crippen LogP contribution in [0.4, 0.5) is 0 Å². The van der Waals surface area contributed by atoms with E-state index in [0.29, 0.717) is 11.0 Å². The van der Waals surface area contributed by atoms with Crippen LogP contribution in [0.2, 0.25) is 0 Å². The van der Waals surface area contributed by atoms with E-state index in [1.165, 1.54) is 10.8 Å². The molecule has 0 bridgehead atoms. The summed E-state index contributed by atoms with van der Waals surface area (Å²) >= 11 is 3.44. The second-order valence-corrected chi connectivity index (χ2v) is 6.36. The van der Waals surface area contributed by atoms with Gasteiger partial charge in [0.25, 0.3) is 0 Å². The van der Waals surface area contributed by atoms with Crippen molar-refractivity contribution in [2.75, 3.05) is 0 Å². The highest BCUT2D eigenvalue weighted by Crippen LogP contribution is 2.34. The fraction of sp³-hybridized carbons (Fsp3) is 0.0556. The predicted octanol–water partition coefficient (Wildman–Crippen LogP) is 3.92. The van der Waals surface area contributed by atoms with Crippen LogP contribution in [0, 0.1) is 0 Å². The molecule has 7 heteroatoms. The van der Waals surface area contributed by atoms with Crippen molar-refractivity contribution in [1.82, 2.24) is 14.6 Å². The summed E-state index contributed by atoms with van der Waals surface area (Å²) in [5, 5.41) is 15.2. The minimum Gasteiger partial charge on any atom is -0.486 e. The fourth-order valence-corrected chi connectivity index (χ4v) is 3.14. The number of carbonyl (C=O) groups is 1. The van der Waals surface area contributed by atoms with E-state index in [1.807, 2.05) is 48.5 Å². The van der Waals surface area contributed by atoms with Gasteiger partial charge in [0.05, 0.1) is 0 Å². The number of halogens is 1. The molecule has 0 saturated carbocycles. The summed E-state index contributed by atoms with van der Waals surface area (Å²) in [5.74, 6) is -0.847. The maximum atomic E-state index is 11.9. The number of hydrogen-bond donors (Lipinski definition) is 1. The highest BCUT2D eigenvalue weighted by Gasteiger charge is 2.22. The standard InChI is InChI=1S/C18H12BrN3O3/c19-12-6-7-13-14(8-12)17-20-10-21-22(17)15(18(23)24)16(13)25-9-11-4-2-1-3-5-11/h1-8,10H,9H2,(H,23,24). The van der Waals surface area contributed by atoms with E-state index >= 15 is 0 Å². The predicted molar refractivity (Wildman–Crippen MR) is 95.9 cm³/mol. The number of hydrogen-bond acceptors (Lipinski definition) is 4. The summed E-state index contributed by atoms with van der Waals surface area (Å²) in [6.07, 6.45) is 1.34. The molecule has 0 aliphatic heterocycles. The monoisotopic (exact) mass is 397 g/mol. The summed E-state index contributed by atoms with van der Waals surface area (Å²) in [6.45, 7) is 0.256. The van der Waals surface area contributed by atoms with Crippen LogP contribution in [0.3, 0.4) is 0 Å². The third-order valence-corrected chi connectivity index (χ3v) is 4.36. The van der Waals surface area contributed by atoms with Crippen LogP contribution in [-0.4, -0.2) is 25.7 Å². The zero-order chi connectivity index (χ0) is 17.4. The lowest BCUT2D eigenvalue weighted by Crippen LogP contribution is -2.11. The Bertz CT molecular complexity index is 1090. The van der Waals surface area contributed by atoms with Gasteiger partial charge in [-0.2, -0.15) is 5.10 Å². The third-order valence-electron chi connectivity index (χ3n) is 3.87. The van der Waals surface area contributed by atoms with Gasteiger partial charge < -0.3 is 9.84 Å². The number of carboxylic acids is 1. The van der Waals surface area contributed by atoms with Crippen LogP contribution in [0.15, 0.2) is 59.3 Å². The number of fused-ring (bicyclic) bond motifs is 3. The SMILES string of the molecule is O=C(O)c1c(OCc2ccccc2)c2ccc(Br)cc2c2ncnn12. The van der Waals surface area contributed by atoms with Crippen LogP contribution in [-0.2, 0) is 6.61 Å². The Kier molecular flexibility index (Phi) is 3.85. The normalized spacial score (nSPS) is 11.1. The van der Waals surface area contributed by atoms with E-state index in [4.69, 9.17) is 4.74 Å². The van der Waals surface area contributed by atoms with E-state index < -0.39 is 5.97 Å². The van der Waals surface area contributed by atoms with Crippen molar-refractivity contribution < 1.29 is 14.6 Å². The molecule has 0 radical (unpaired) electrons. The molecule has 0 fully saturated rings. The van der Waals surface area contributed by atoms with Crippen LogP contribution < -0.4 is 4.74 Å². The highest BCUT2D eigenvalue weighted by atomic mass is 79.9. The first-order chi connectivity index (χ1) is 12.1. The minimum absolute atomic E-state index is 0.0433. The number of carboxylic acid groups (broad SMARTS) is 1. The Labute approximate surface area is 150 Å². The van der Waals surface area contributed by atoms with Gasteiger partial charge in [-0.05, 0) is 23.8 Å². The summed E-state index contributed by atoms with van der Waals surface area (Å²) in [5.41, 5.74) is 1.38. The molecule has 4 rings (SSSR count). The molecule has 1 N–H and O–H groups in total. The third kappa shape index (κ3) is 2.72. The van der Waals surface area contributed by atoms with E-state index in [1.54, 1.807) is 0 Å². The molecule has 0 unspecified atom stereocenters. The summed E-state index contributed by atoms with van der Waals surface area (Å²) in [7, 11) is 0. The topological polar surface area (TPSA) is 76.7 Å². The molecule has 0 spiro atoms. The lowest BCUT2D eigenvalue weighted by Gasteiger charge is -2.14. The van der Waals surface area contributed by atoms with Crippen molar-refractivity contribution in [2.24, 2.45) is 0 Å². The van der Waals surface area contributed by atoms with E-state index in [2.05, 4.69) is 26.0 Å². The van der Waals surface area contributed by atoms with Gasteiger partial charge in [-0.3, -0.25) is 0 Å². The second-order valence-electron chi connectivity index (χ2n) is 5.44. The van der Waals surface area contributed by atoms with Crippen molar-refractivity contribution >= 4 is 38.3 Å². The number of aromatic nitrogens is 3. The average molecular weight is 398 g/mol. The molecule has 0 saturated heterocycles. The van der Waals surface area contributed by atoms with Crippen molar-refractivity contribution in [2.45, 2.75) is 6.61 Å². The molecule has 2 aromatic heterocycles. The van der Waals surface area contributed by atoms with E-state index in [0.717, 1.165) is 15.4 Å². The zero-order valence-corrected chi connectivity index (χ0v) is 14.5. The molecule has 25 heavy (non-hydrogen) atoms. The van der Waals surface area contributed by atoms with Gasteiger partial charge >= 0.3 is 5.97 Å². The molecule has 0 atom stereocenters. The van der Waals surface area contributed by atoms with Gasteiger partial charge in [0, 0.05) is 15.2 Å². The Morgan fingerprint density at radius 3 is 2.72 bits per heavy atom. The van der Waals surface area contributed by atoms with Gasteiger partial charge in [0.15, 0.2) is 17.1 Å². The maximum Gasteiger partial charge on any atom is 0.358 e. The maximum absolute atomic E-state index is 11.9. The smallest absolute Gasteiger partial charge is 0.358 e. The van der Waals surface area contributed by atoms with Crippen molar-refractivity contribution in [1.29, 1.82) is 0 Å². The lowest BCUT2D eigenvalue weighted by molar-refractivity contribution is 0.0682. The number of ether oxygens (including phenoxy) is 1. The molecule has 6 nitrogen and oxygen atoms in total. The van der Waals surface area contributed by atoms with Crippen molar-refractivity contribution in [3.05, 3.63) is 70.6 Å². The minimum atomic E-state index is -1.12. The lowest BCUT2D eigenvalue weighted by atomic mass is 10.1. The van der Waals surface area contributed by atoms with Gasteiger partial charge in [-0.15, -0.1) is 0 Å². The molecule has 0 amide bonds. The molecule has 2 aromatic carbocycles. The van der Waals surface area contributed by atoms with Crippen LogP contribution in [0.25, 0.3) is 16.4 Å². The van der Waals surface area contributed by atoms with Crippen LogP contribution in [0.5, 0.6) is 5.75 Å². The van der Waals surface area contributed by atoms with Gasteiger partial charge in [-0.25, -0.2) is 14.3 Å². The quantitative estimate of drug-likeness (QED) is 0.564. The average Bonchev–Trinajstić information content (AvgIpc) is 3.09. The molecule has 0 aliphatic carbocycles. The largest absolute Gasteiger partial charge is 0.486 e. The Balaban J connectivity index is 1.95. The molecular weight excluding hydrogens is 386 g/mol. The molecule has 2 heterocycles. The van der Waals surface area contributed by atoms with Gasteiger partial charge in [-0.1, -0.05) is 46.3 Å². The van der Waals surface area contributed by atoms with E-state index in [-0.39, 0.29) is 18.1 Å². The van der Waals surface area contributed by atoms with Crippen LogP contribution in [0.1, 0.15) is 16.1 Å². The number of benzene rings is 2. The summed E-state index contributed by atoms with van der Waals surface area (Å²) in [4.78, 5) is 16.1. The van der Waals surface area contributed by atoms with Crippen molar-refractivity contribution in [3.8, 4) is 5.75 Å². The molecule has 4 aromatic rings. The number of rotatable bonds is 4. The Morgan fingerprint density at radius 1 is 1.16 bits per heavy atom. The Morgan fingerprint density at radius 2 is 1.96 bits per heavy atom. The molecular formula is C18H12BrN3O3. The number of aromatic carboxylic acids is 1. The highest BCUT2D eigenvalue weighted by molar-refractivity contribution is 9.10. The summed E-state index contributed by atoms with van der Waals surface area (Å²) in [6, 6.07) is 15.1. The number of pyridine rings is 1. The zero-order valence-electron chi connectivity index (χ0n) is 12.9. The van der Waals surface area contributed by atoms with E-state index in [9.17, 15) is 9.90 Å². The second kappa shape index (κ2) is 6.18. The first kappa shape index (κ1) is 15.6. The summed E-state index contributed by atoms with van der Waals surface area (Å²) < 4.78 is 8.10. The number of nitrogens with zero attached hydrogens (tertiary/aromatic N) is 3. The van der Waals surface area contributed by atoms with Gasteiger partial charge in [0.2, 0.25) is 0 Å².